The van der Waals surface area contributed by atoms with Crippen LogP contribution in [0.3, 0.4) is 0 Å². The quantitative estimate of drug-likeness (QED) is 0.186. The van der Waals surface area contributed by atoms with Gasteiger partial charge in [0, 0.05) is 62.4 Å². The summed E-state index contributed by atoms with van der Waals surface area (Å²) < 4.78 is 7.55. The lowest BCUT2D eigenvalue weighted by atomic mass is 10.00. The van der Waals surface area contributed by atoms with Gasteiger partial charge in [0.25, 0.3) is 0 Å². The van der Waals surface area contributed by atoms with Crippen molar-refractivity contribution < 1.29 is 0 Å². The summed E-state index contributed by atoms with van der Waals surface area (Å²) in [7, 11) is 0. The summed E-state index contributed by atoms with van der Waals surface area (Å²) in [5.74, 6) is 1.68. The summed E-state index contributed by atoms with van der Waals surface area (Å²) >= 11 is 3.72. The molecule has 7 aromatic carbocycles. The number of aromatic nitrogens is 1. The molecule has 4 nitrogen and oxygen atoms in total. The number of hydrogen-bond acceptors (Lipinski definition) is 5. The maximum atomic E-state index is 5.17. The summed E-state index contributed by atoms with van der Waals surface area (Å²) in [6.07, 6.45) is 8.30. The van der Waals surface area contributed by atoms with Gasteiger partial charge in [-0.1, -0.05) is 103 Å². The van der Waals surface area contributed by atoms with Crippen LogP contribution in [-0.2, 0) is 0 Å². The van der Waals surface area contributed by atoms with E-state index in [0.717, 1.165) is 35.6 Å². The number of nitrogens with zero attached hydrogens (tertiary/aromatic N) is 3. The number of hydrogen-bond donors (Lipinski definition) is 1. The van der Waals surface area contributed by atoms with Crippen LogP contribution in [0, 0.1) is 0 Å². The fourth-order valence-electron chi connectivity index (χ4n) is 8.73. The van der Waals surface area contributed by atoms with Gasteiger partial charge in [0.1, 0.15) is 12.0 Å². The maximum absolute atomic E-state index is 5.17. The van der Waals surface area contributed by atoms with Crippen molar-refractivity contribution in [2.75, 3.05) is 0 Å². The second-order valence-corrected chi connectivity index (χ2v) is 17.1. The van der Waals surface area contributed by atoms with E-state index in [1.165, 1.54) is 84.5 Å². The van der Waals surface area contributed by atoms with Crippen LogP contribution >= 0.6 is 22.7 Å². The van der Waals surface area contributed by atoms with Crippen LogP contribution in [0.5, 0.6) is 0 Å². The number of allylic oxidation sites excluding steroid dienone is 3. The van der Waals surface area contributed by atoms with Crippen LogP contribution in [0.25, 0.3) is 79.0 Å². The van der Waals surface area contributed by atoms with E-state index in [4.69, 9.17) is 9.98 Å². The Morgan fingerprint density at radius 2 is 1.16 bits per heavy atom. The van der Waals surface area contributed by atoms with E-state index >= 15 is 0 Å². The van der Waals surface area contributed by atoms with Crippen LogP contribution in [0.1, 0.15) is 30.1 Å². The molecule has 4 heterocycles. The Balaban J connectivity index is 0.936. The third-order valence-corrected chi connectivity index (χ3v) is 13.8. The molecule has 0 saturated carbocycles. The first-order chi connectivity index (χ1) is 28.2. The third kappa shape index (κ3) is 5.40. The minimum atomic E-state index is -0.203. The predicted molar refractivity (Wildman–Crippen MR) is 245 cm³/mol. The lowest BCUT2D eigenvalue weighted by Crippen LogP contribution is -2.34. The van der Waals surface area contributed by atoms with Crippen LogP contribution in [0.2, 0.25) is 0 Å². The van der Waals surface area contributed by atoms with E-state index < -0.39 is 0 Å². The Morgan fingerprint density at radius 1 is 0.544 bits per heavy atom. The molecular weight excluding hydrogens is 733 g/mol. The Bertz CT molecular complexity index is 3340. The first-order valence-electron chi connectivity index (χ1n) is 19.5. The van der Waals surface area contributed by atoms with Crippen molar-refractivity contribution in [3.8, 4) is 16.8 Å². The average molecular weight is 767 g/mol. The van der Waals surface area contributed by atoms with Gasteiger partial charge in [-0.15, -0.1) is 22.7 Å². The zero-order chi connectivity index (χ0) is 37.5. The molecule has 0 bridgehead atoms. The number of aliphatic imine (C=N–C) groups is 2. The molecule has 57 heavy (non-hydrogen) atoms. The van der Waals surface area contributed by atoms with E-state index in [0.29, 0.717) is 0 Å². The van der Waals surface area contributed by atoms with E-state index in [1.54, 1.807) is 0 Å². The lowest BCUT2D eigenvalue weighted by Gasteiger charge is -2.25. The van der Waals surface area contributed by atoms with Gasteiger partial charge in [0.2, 0.25) is 0 Å². The van der Waals surface area contributed by atoms with E-state index in [1.807, 2.05) is 22.7 Å². The number of benzene rings is 7. The zero-order valence-electron chi connectivity index (χ0n) is 30.8. The summed E-state index contributed by atoms with van der Waals surface area (Å²) in [6.45, 7) is 0. The number of para-hydroxylation sites is 2. The van der Waals surface area contributed by atoms with Crippen molar-refractivity contribution in [2.24, 2.45) is 9.98 Å². The second-order valence-electron chi connectivity index (χ2n) is 14.9. The highest BCUT2D eigenvalue weighted by atomic mass is 32.1. The van der Waals surface area contributed by atoms with Crippen molar-refractivity contribution in [3.63, 3.8) is 0 Å². The molecule has 1 aliphatic heterocycles. The zero-order valence-corrected chi connectivity index (χ0v) is 32.4. The molecule has 3 aromatic heterocycles. The van der Waals surface area contributed by atoms with Gasteiger partial charge < -0.3 is 9.88 Å². The van der Waals surface area contributed by atoms with Gasteiger partial charge in [0.15, 0.2) is 5.84 Å². The standard InChI is InChI=1S/C51H34N4S2/c1-3-11-31(12-4-1)49-52-50(32-13-5-2-6-14-32)54-51(53-49)35-21-26-47-42(29-35)41-28-34(20-25-46(41)56-47)33-19-24-45-40(27-33)39-23-22-36(30-48(39)57-45)55-43-17-9-7-15-37(43)38-16-8-10-18-44(38)55/h1-5,7-13,15-30,49H,6,14H2,(H,52,53,54). The van der Waals surface area contributed by atoms with Gasteiger partial charge >= 0.3 is 0 Å². The lowest BCUT2D eigenvalue weighted by molar-refractivity contribution is 0.671. The van der Waals surface area contributed by atoms with Crippen molar-refractivity contribution in [2.45, 2.75) is 19.0 Å². The fourth-order valence-corrected chi connectivity index (χ4v) is 10.9. The van der Waals surface area contributed by atoms with Crippen molar-refractivity contribution in [1.82, 2.24) is 9.88 Å². The van der Waals surface area contributed by atoms with Crippen molar-refractivity contribution in [3.05, 3.63) is 187 Å². The molecule has 1 N–H and O–H groups in total. The molecule has 1 aliphatic carbocycles. The number of thiophene rings is 2. The molecule has 10 aromatic rings. The van der Waals surface area contributed by atoms with Crippen LogP contribution in [0.4, 0.5) is 0 Å². The normalized spacial score (nSPS) is 15.8. The average Bonchev–Trinajstić information content (AvgIpc) is 3.95. The number of rotatable bonds is 5. The topological polar surface area (TPSA) is 41.7 Å². The first-order valence-corrected chi connectivity index (χ1v) is 21.1. The molecule has 0 saturated heterocycles. The van der Waals surface area contributed by atoms with Gasteiger partial charge in [0.05, 0.1) is 11.0 Å². The Kier molecular flexibility index (Phi) is 7.43. The summed E-state index contributed by atoms with van der Waals surface area (Å²) in [6, 6.07) is 55.5. The Hall–Kier alpha value is -6.60. The van der Waals surface area contributed by atoms with Crippen LogP contribution < -0.4 is 5.32 Å². The maximum Gasteiger partial charge on any atom is 0.159 e. The molecule has 6 heteroatoms. The predicted octanol–water partition coefficient (Wildman–Crippen LogP) is 13.9. The van der Waals surface area contributed by atoms with Crippen LogP contribution in [-0.4, -0.2) is 16.2 Å². The van der Waals surface area contributed by atoms with Crippen LogP contribution in [0.15, 0.2) is 185 Å². The molecule has 12 rings (SSSR count). The smallest absolute Gasteiger partial charge is 0.159 e. The van der Waals surface area contributed by atoms with E-state index in [2.05, 4.69) is 180 Å². The molecule has 0 radical (unpaired) electrons. The van der Waals surface area contributed by atoms with Gasteiger partial charge in [-0.2, -0.15) is 0 Å². The minimum Gasteiger partial charge on any atom is -0.344 e. The minimum absolute atomic E-state index is 0.203. The highest BCUT2D eigenvalue weighted by molar-refractivity contribution is 7.26. The Morgan fingerprint density at radius 3 is 1.84 bits per heavy atom. The van der Waals surface area contributed by atoms with Gasteiger partial charge in [-0.05, 0) is 102 Å². The molecule has 0 fully saturated rings. The summed E-state index contributed by atoms with van der Waals surface area (Å²) in [4.78, 5) is 10.3. The van der Waals surface area contributed by atoms with Crippen molar-refractivity contribution >= 4 is 96.5 Å². The molecule has 0 spiro atoms. The van der Waals surface area contributed by atoms with E-state index in [-0.39, 0.29) is 6.17 Å². The highest BCUT2D eigenvalue weighted by Gasteiger charge is 2.23. The molecular formula is C51H34N4S2. The third-order valence-electron chi connectivity index (χ3n) is 11.5. The SMILES string of the molecule is C1=CCCC(C2=NC(c3ccc4sc5ccc(-c6ccc7sc8cc(-n9c%10ccccc%10c%10ccccc%109)ccc8c7c6)cc5c4c3)=NC(c3ccccc3)N2)=C1. The second kappa shape index (κ2) is 13.0. The monoisotopic (exact) mass is 766 g/mol. The number of amidine groups is 2. The first kappa shape index (κ1) is 32.6. The fraction of sp³-hybridized carbons (Fsp3) is 0.0588. The largest absolute Gasteiger partial charge is 0.344 e. The molecule has 270 valence electrons. The van der Waals surface area contributed by atoms with Gasteiger partial charge in [-0.25, -0.2) is 9.98 Å². The van der Waals surface area contributed by atoms with Crippen molar-refractivity contribution in [1.29, 1.82) is 0 Å². The Labute approximate surface area is 337 Å². The highest BCUT2D eigenvalue weighted by Crippen LogP contribution is 2.41. The number of fused-ring (bicyclic) bond motifs is 9. The summed E-state index contributed by atoms with van der Waals surface area (Å²) in [5, 5.41) is 11.3. The molecule has 2 aliphatic rings. The summed E-state index contributed by atoms with van der Waals surface area (Å²) in [5.41, 5.74) is 9.48. The number of nitrogens with one attached hydrogen (secondary N) is 1. The molecule has 1 unspecified atom stereocenters. The van der Waals surface area contributed by atoms with Gasteiger partial charge in [-0.3, -0.25) is 0 Å². The molecule has 0 amide bonds. The molecule has 1 atom stereocenters. The van der Waals surface area contributed by atoms with E-state index in [9.17, 15) is 0 Å².